The number of hydrogen-bond acceptors (Lipinski definition) is 3. The van der Waals surface area contributed by atoms with Gasteiger partial charge < -0.3 is 14.1 Å². The maximum Gasteiger partial charge on any atom is 0.223 e. The molecule has 2 aromatic rings. The van der Waals surface area contributed by atoms with Crippen molar-refractivity contribution in [3.05, 3.63) is 52.4 Å². The van der Waals surface area contributed by atoms with Crippen LogP contribution >= 0.6 is 15.9 Å². The highest BCUT2D eigenvalue weighted by molar-refractivity contribution is 9.10. The quantitative estimate of drug-likeness (QED) is 0.770. The zero-order valence-corrected chi connectivity index (χ0v) is 14.6. The molecule has 5 heteroatoms. The van der Waals surface area contributed by atoms with Crippen LogP contribution in [0.3, 0.4) is 0 Å². The van der Waals surface area contributed by atoms with Gasteiger partial charge in [-0.15, -0.1) is 0 Å². The minimum atomic E-state index is -0.0647. The Hall–Kier alpha value is -1.75. The number of halogens is 1. The Kier molecular flexibility index (Phi) is 5.66. The standard InChI is InChI=1S/C17H20BrNO3/c1-12(15-5-4-10-22-15)19(2)17(20)9-7-13-6-8-16(21-3)14(18)11-13/h4-6,8,10-12H,7,9H2,1-3H3. The van der Waals surface area contributed by atoms with Crippen LogP contribution in [0.5, 0.6) is 5.75 Å². The summed E-state index contributed by atoms with van der Waals surface area (Å²) in [7, 11) is 3.44. The second kappa shape index (κ2) is 7.49. The van der Waals surface area contributed by atoms with Crippen LogP contribution in [0.1, 0.15) is 30.7 Å². The summed E-state index contributed by atoms with van der Waals surface area (Å²) in [6, 6.07) is 9.52. The molecule has 0 spiro atoms. The molecule has 22 heavy (non-hydrogen) atoms. The Bertz CT molecular complexity index is 625. The molecule has 0 aliphatic carbocycles. The Morgan fingerprint density at radius 1 is 1.41 bits per heavy atom. The van der Waals surface area contributed by atoms with Gasteiger partial charge in [-0.25, -0.2) is 0 Å². The van der Waals surface area contributed by atoms with E-state index >= 15 is 0 Å². The molecule has 1 atom stereocenters. The molecule has 1 unspecified atom stereocenters. The van der Waals surface area contributed by atoms with E-state index in [2.05, 4.69) is 15.9 Å². The summed E-state index contributed by atoms with van der Waals surface area (Å²) >= 11 is 3.46. The van der Waals surface area contributed by atoms with Crippen LogP contribution < -0.4 is 4.74 Å². The minimum Gasteiger partial charge on any atom is -0.496 e. The van der Waals surface area contributed by atoms with Crippen molar-refractivity contribution in [1.29, 1.82) is 0 Å². The fourth-order valence-corrected chi connectivity index (χ4v) is 2.82. The second-order valence-corrected chi connectivity index (χ2v) is 6.02. The zero-order chi connectivity index (χ0) is 16.1. The number of ether oxygens (including phenoxy) is 1. The number of hydrogen-bond donors (Lipinski definition) is 0. The summed E-state index contributed by atoms with van der Waals surface area (Å²) in [4.78, 5) is 14.0. The molecule has 1 amide bonds. The van der Waals surface area contributed by atoms with Crippen LogP contribution in [-0.4, -0.2) is 25.0 Å². The average molecular weight is 366 g/mol. The van der Waals surface area contributed by atoms with E-state index in [0.29, 0.717) is 12.8 Å². The number of methoxy groups -OCH3 is 1. The maximum absolute atomic E-state index is 12.3. The van der Waals surface area contributed by atoms with Crippen molar-refractivity contribution < 1.29 is 13.9 Å². The van der Waals surface area contributed by atoms with Crippen molar-refractivity contribution in [3.8, 4) is 5.75 Å². The molecule has 1 aromatic carbocycles. The van der Waals surface area contributed by atoms with Gasteiger partial charge in [0.15, 0.2) is 0 Å². The predicted molar refractivity (Wildman–Crippen MR) is 88.9 cm³/mol. The van der Waals surface area contributed by atoms with Crippen molar-refractivity contribution in [1.82, 2.24) is 4.90 Å². The molecule has 0 saturated heterocycles. The smallest absolute Gasteiger partial charge is 0.223 e. The number of rotatable bonds is 6. The lowest BCUT2D eigenvalue weighted by molar-refractivity contribution is -0.132. The molecule has 0 radical (unpaired) electrons. The molecular formula is C17H20BrNO3. The van der Waals surface area contributed by atoms with E-state index in [9.17, 15) is 4.79 Å². The van der Waals surface area contributed by atoms with Gasteiger partial charge in [-0.05, 0) is 59.1 Å². The summed E-state index contributed by atoms with van der Waals surface area (Å²) in [5, 5.41) is 0. The first-order valence-corrected chi connectivity index (χ1v) is 7.93. The van der Waals surface area contributed by atoms with Crippen molar-refractivity contribution in [2.45, 2.75) is 25.8 Å². The third kappa shape index (κ3) is 3.91. The maximum atomic E-state index is 12.3. The number of furan rings is 1. The van der Waals surface area contributed by atoms with Gasteiger partial charge >= 0.3 is 0 Å². The number of amides is 1. The number of nitrogens with zero attached hydrogens (tertiary/aromatic N) is 1. The highest BCUT2D eigenvalue weighted by atomic mass is 79.9. The summed E-state index contributed by atoms with van der Waals surface area (Å²) < 4.78 is 11.5. The number of benzene rings is 1. The topological polar surface area (TPSA) is 42.7 Å². The zero-order valence-electron chi connectivity index (χ0n) is 13.0. The van der Waals surface area contributed by atoms with Gasteiger partial charge in [0.05, 0.1) is 23.9 Å². The lowest BCUT2D eigenvalue weighted by Gasteiger charge is -2.23. The van der Waals surface area contributed by atoms with Gasteiger partial charge in [0.25, 0.3) is 0 Å². The third-order valence-corrected chi connectivity index (χ3v) is 4.39. The van der Waals surface area contributed by atoms with Crippen molar-refractivity contribution in [2.75, 3.05) is 14.2 Å². The molecule has 1 aromatic heterocycles. The molecule has 0 saturated carbocycles. The molecule has 0 bridgehead atoms. The monoisotopic (exact) mass is 365 g/mol. The van der Waals surface area contributed by atoms with Crippen LogP contribution in [0.2, 0.25) is 0 Å². The Balaban J connectivity index is 1.93. The van der Waals surface area contributed by atoms with Gasteiger partial charge in [0, 0.05) is 13.5 Å². The molecule has 0 aliphatic heterocycles. The molecule has 2 rings (SSSR count). The molecular weight excluding hydrogens is 346 g/mol. The molecule has 118 valence electrons. The van der Waals surface area contributed by atoms with E-state index < -0.39 is 0 Å². The molecule has 0 N–H and O–H groups in total. The van der Waals surface area contributed by atoms with Crippen molar-refractivity contribution in [3.63, 3.8) is 0 Å². The van der Waals surface area contributed by atoms with Crippen LogP contribution in [0.25, 0.3) is 0 Å². The summed E-state index contributed by atoms with van der Waals surface area (Å²) in [6.45, 7) is 1.96. The molecule has 0 fully saturated rings. The normalized spacial score (nSPS) is 12.0. The average Bonchev–Trinajstić information content (AvgIpc) is 3.05. The summed E-state index contributed by atoms with van der Waals surface area (Å²) in [5.41, 5.74) is 1.10. The Morgan fingerprint density at radius 3 is 2.77 bits per heavy atom. The summed E-state index contributed by atoms with van der Waals surface area (Å²) in [5.74, 6) is 1.68. The van der Waals surface area contributed by atoms with Gasteiger partial charge in [-0.1, -0.05) is 6.07 Å². The lowest BCUT2D eigenvalue weighted by Crippen LogP contribution is -2.29. The highest BCUT2D eigenvalue weighted by Gasteiger charge is 2.19. The first-order valence-electron chi connectivity index (χ1n) is 7.14. The summed E-state index contributed by atoms with van der Waals surface area (Å²) in [6.07, 6.45) is 2.77. The van der Waals surface area contributed by atoms with E-state index in [1.54, 1.807) is 25.3 Å². The van der Waals surface area contributed by atoms with E-state index in [1.807, 2.05) is 37.3 Å². The SMILES string of the molecule is COc1ccc(CCC(=O)N(C)C(C)c2ccco2)cc1Br. The first kappa shape index (κ1) is 16.6. The van der Waals surface area contributed by atoms with Crippen molar-refractivity contribution in [2.24, 2.45) is 0 Å². The van der Waals surface area contributed by atoms with E-state index in [0.717, 1.165) is 21.5 Å². The third-order valence-electron chi connectivity index (χ3n) is 3.77. The predicted octanol–water partition coefficient (Wildman–Crippen LogP) is 4.20. The molecule has 0 aliphatic rings. The number of aryl methyl sites for hydroxylation is 1. The molecule has 4 nitrogen and oxygen atoms in total. The van der Waals surface area contributed by atoms with E-state index in [1.165, 1.54) is 0 Å². The first-order chi connectivity index (χ1) is 10.5. The minimum absolute atomic E-state index is 0.0647. The fourth-order valence-electron chi connectivity index (χ4n) is 2.23. The van der Waals surface area contributed by atoms with Gasteiger partial charge in [-0.3, -0.25) is 4.79 Å². The van der Waals surface area contributed by atoms with Gasteiger partial charge in [0.1, 0.15) is 11.5 Å². The number of carbonyl (C=O) groups excluding carboxylic acids is 1. The highest BCUT2D eigenvalue weighted by Crippen LogP contribution is 2.26. The van der Waals surface area contributed by atoms with E-state index in [-0.39, 0.29) is 11.9 Å². The largest absolute Gasteiger partial charge is 0.496 e. The molecule has 1 heterocycles. The van der Waals surface area contributed by atoms with E-state index in [4.69, 9.17) is 9.15 Å². The van der Waals surface area contributed by atoms with Gasteiger partial charge in [-0.2, -0.15) is 0 Å². The van der Waals surface area contributed by atoms with Crippen LogP contribution in [0, 0.1) is 0 Å². The fraction of sp³-hybridized carbons (Fsp3) is 0.353. The van der Waals surface area contributed by atoms with Crippen LogP contribution in [0.4, 0.5) is 0 Å². The Labute approximate surface area is 139 Å². The lowest BCUT2D eigenvalue weighted by atomic mass is 10.1. The van der Waals surface area contributed by atoms with Crippen molar-refractivity contribution >= 4 is 21.8 Å². The Morgan fingerprint density at radius 2 is 2.18 bits per heavy atom. The van der Waals surface area contributed by atoms with Crippen LogP contribution in [0.15, 0.2) is 45.5 Å². The number of carbonyl (C=O) groups is 1. The second-order valence-electron chi connectivity index (χ2n) is 5.16. The van der Waals surface area contributed by atoms with Crippen LogP contribution in [-0.2, 0) is 11.2 Å². The van der Waals surface area contributed by atoms with Gasteiger partial charge in [0.2, 0.25) is 5.91 Å².